The molecule has 0 heterocycles. The molecule has 0 saturated heterocycles. The van der Waals surface area contributed by atoms with Crippen LogP contribution < -0.4 is 5.48 Å². The van der Waals surface area contributed by atoms with Gasteiger partial charge in [-0.1, -0.05) is 18.2 Å². The van der Waals surface area contributed by atoms with Crippen LogP contribution in [-0.4, -0.2) is 18.2 Å². The van der Waals surface area contributed by atoms with E-state index in [2.05, 4.69) is 4.84 Å². The lowest BCUT2D eigenvalue weighted by atomic mass is 10.2. The van der Waals surface area contributed by atoms with Gasteiger partial charge in [0.25, 0.3) is 5.91 Å². The van der Waals surface area contributed by atoms with E-state index in [1.54, 1.807) is 23.7 Å². The summed E-state index contributed by atoms with van der Waals surface area (Å²) in [5, 5.41) is 0. The zero-order valence-corrected chi connectivity index (χ0v) is 8.41. The van der Waals surface area contributed by atoms with Gasteiger partial charge in [-0.05, 0) is 19.1 Å². The highest BCUT2D eigenvalue weighted by atomic mass is 19.4. The monoisotopic (exact) mass is 233 g/mol. The zero-order chi connectivity index (χ0) is 12.2. The van der Waals surface area contributed by atoms with E-state index in [1.165, 1.54) is 12.1 Å². The Morgan fingerprint density at radius 2 is 1.88 bits per heavy atom. The van der Waals surface area contributed by atoms with Crippen LogP contribution in [0.15, 0.2) is 30.3 Å². The maximum Gasteiger partial charge on any atom is 0.416 e. The summed E-state index contributed by atoms with van der Waals surface area (Å²) in [6.45, 7) is 0.811. The fourth-order valence-electron chi connectivity index (χ4n) is 0.857. The predicted octanol–water partition coefficient (Wildman–Crippen LogP) is 2.30. The molecule has 3 nitrogen and oxygen atoms in total. The Morgan fingerprint density at radius 3 is 2.38 bits per heavy atom. The molecule has 0 bridgehead atoms. The number of nitrogens with one attached hydrogen (secondary N) is 1. The second-order valence-corrected chi connectivity index (χ2v) is 3.10. The smallest absolute Gasteiger partial charge is 0.267 e. The molecule has 6 heteroatoms. The summed E-state index contributed by atoms with van der Waals surface area (Å²) in [6.07, 6.45) is -6.54. The highest BCUT2D eigenvalue weighted by molar-refractivity contribution is 5.93. The molecule has 1 aromatic rings. The lowest BCUT2D eigenvalue weighted by molar-refractivity contribution is -0.226. The first-order chi connectivity index (χ1) is 7.41. The van der Waals surface area contributed by atoms with E-state index in [0.717, 1.165) is 6.92 Å². The van der Waals surface area contributed by atoms with Crippen molar-refractivity contribution in [2.45, 2.75) is 19.2 Å². The number of hydrogen-bond acceptors (Lipinski definition) is 2. The van der Waals surface area contributed by atoms with Crippen LogP contribution in [0.5, 0.6) is 0 Å². The molecule has 1 aromatic carbocycles. The number of alkyl halides is 3. The van der Waals surface area contributed by atoms with Crippen LogP contribution in [0.2, 0.25) is 0 Å². The van der Waals surface area contributed by atoms with Gasteiger partial charge < -0.3 is 0 Å². The number of benzene rings is 1. The summed E-state index contributed by atoms with van der Waals surface area (Å²) in [6, 6.07) is 7.83. The molecule has 1 atom stereocenters. The number of hydroxylamine groups is 1. The van der Waals surface area contributed by atoms with Crippen LogP contribution in [0.3, 0.4) is 0 Å². The molecule has 0 saturated carbocycles. The normalized spacial score (nSPS) is 13.2. The first kappa shape index (κ1) is 12.5. The van der Waals surface area contributed by atoms with Gasteiger partial charge in [0.2, 0.25) is 0 Å². The van der Waals surface area contributed by atoms with E-state index in [9.17, 15) is 18.0 Å². The van der Waals surface area contributed by atoms with Crippen LogP contribution in [0.1, 0.15) is 17.3 Å². The Balaban J connectivity index is 2.48. The van der Waals surface area contributed by atoms with Crippen molar-refractivity contribution in [2.75, 3.05) is 0 Å². The molecular weight excluding hydrogens is 223 g/mol. The molecule has 1 unspecified atom stereocenters. The minimum absolute atomic E-state index is 0.233. The molecule has 0 radical (unpaired) electrons. The highest BCUT2D eigenvalue weighted by Crippen LogP contribution is 2.21. The average molecular weight is 233 g/mol. The molecule has 0 aliphatic rings. The molecule has 1 rings (SSSR count). The Labute approximate surface area is 90.2 Å². The van der Waals surface area contributed by atoms with E-state index < -0.39 is 18.2 Å². The fraction of sp³-hybridized carbons (Fsp3) is 0.300. The van der Waals surface area contributed by atoms with Crippen LogP contribution in [0.4, 0.5) is 13.2 Å². The number of hydrogen-bond donors (Lipinski definition) is 1. The maximum absolute atomic E-state index is 12.0. The van der Waals surface area contributed by atoms with Gasteiger partial charge in [0.15, 0.2) is 6.10 Å². The molecule has 0 fully saturated rings. The van der Waals surface area contributed by atoms with Gasteiger partial charge in [-0.3, -0.25) is 9.63 Å². The molecule has 16 heavy (non-hydrogen) atoms. The maximum atomic E-state index is 12.0. The van der Waals surface area contributed by atoms with Gasteiger partial charge in [0.1, 0.15) is 0 Å². The third kappa shape index (κ3) is 3.54. The molecule has 0 aromatic heterocycles. The Hall–Kier alpha value is -1.56. The second kappa shape index (κ2) is 4.98. The summed E-state index contributed by atoms with van der Waals surface area (Å²) in [5.41, 5.74) is 1.98. The first-order valence-electron chi connectivity index (χ1n) is 4.49. The van der Waals surface area contributed by atoms with Crippen LogP contribution in [0, 0.1) is 0 Å². The molecule has 88 valence electrons. The van der Waals surface area contributed by atoms with Crippen molar-refractivity contribution in [3.05, 3.63) is 35.9 Å². The summed E-state index contributed by atoms with van der Waals surface area (Å²) >= 11 is 0. The Bertz CT molecular complexity index is 351. The highest BCUT2D eigenvalue weighted by Gasteiger charge is 2.37. The van der Waals surface area contributed by atoms with Crippen LogP contribution >= 0.6 is 0 Å². The van der Waals surface area contributed by atoms with Crippen molar-refractivity contribution in [2.24, 2.45) is 0 Å². The van der Waals surface area contributed by atoms with Crippen molar-refractivity contribution in [1.82, 2.24) is 5.48 Å². The van der Waals surface area contributed by atoms with Crippen molar-refractivity contribution < 1.29 is 22.8 Å². The van der Waals surface area contributed by atoms with Crippen molar-refractivity contribution in [3.8, 4) is 0 Å². The minimum Gasteiger partial charge on any atom is -0.267 e. The largest absolute Gasteiger partial charge is 0.416 e. The van der Waals surface area contributed by atoms with Gasteiger partial charge in [0.05, 0.1) is 0 Å². The van der Waals surface area contributed by atoms with Crippen molar-refractivity contribution in [3.63, 3.8) is 0 Å². The minimum atomic E-state index is -4.50. The van der Waals surface area contributed by atoms with Crippen LogP contribution in [0.25, 0.3) is 0 Å². The second-order valence-electron chi connectivity index (χ2n) is 3.10. The van der Waals surface area contributed by atoms with Crippen molar-refractivity contribution >= 4 is 5.91 Å². The number of carbonyl (C=O) groups is 1. The number of carbonyl (C=O) groups excluding carboxylic acids is 1. The zero-order valence-electron chi connectivity index (χ0n) is 8.41. The third-order valence-electron chi connectivity index (χ3n) is 1.83. The third-order valence-corrected chi connectivity index (χ3v) is 1.83. The van der Waals surface area contributed by atoms with Gasteiger partial charge in [-0.15, -0.1) is 0 Å². The molecular formula is C10H10F3NO2. The van der Waals surface area contributed by atoms with Gasteiger partial charge in [0, 0.05) is 5.56 Å². The topological polar surface area (TPSA) is 38.3 Å². The van der Waals surface area contributed by atoms with E-state index >= 15 is 0 Å². The molecule has 0 aliphatic carbocycles. The first-order valence-corrected chi connectivity index (χ1v) is 4.49. The predicted molar refractivity (Wildman–Crippen MR) is 50.5 cm³/mol. The molecule has 0 spiro atoms. The van der Waals surface area contributed by atoms with E-state index in [4.69, 9.17) is 0 Å². The van der Waals surface area contributed by atoms with E-state index in [-0.39, 0.29) is 5.56 Å². The quantitative estimate of drug-likeness (QED) is 0.813. The Morgan fingerprint density at radius 1 is 1.31 bits per heavy atom. The average Bonchev–Trinajstić information content (AvgIpc) is 2.25. The lowest BCUT2D eigenvalue weighted by Gasteiger charge is -2.15. The fourth-order valence-corrected chi connectivity index (χ4v) is 0.857. The summed E-state index contributed by atoms with van der Waals surface area (Å²) in [4.78, 5) is 15.5. The van der Waals surface area contributed by atoms with E-state index in [0.29, 0.717) is 0 Å². The SMILES string of the molecule is CC(ONC(=O)c1ccccc1)C(F)(F)F. The van der Waals surface area contributed by atoms with Gasteiger partial charge >= 0.3 is 6.18 Å². The standard InChI is InChI=1S/C10H10F3NO2/c1-7(10(11,12)13)16-14-9(15)8-5-3-2-4-6-8/h2-7H,1H3,(H,14,15). The summed E-state index contributed by atoms with van der Waals surface area (Å²) < 4.78 is 36.1. The number of rotatable bonds is 3. The van der Waals surface area contributed by atoms with E-state index in [1.807, 2.05) is 0 Å². The van der Waals surface area contributed by atoms with Gasteiger partial charge in [-0.25, -0.2) is 5.48 Å². The van der Waals surface area contributed by atoms with Crippen LogP contribution in [-0.2, 0) is 4.84 Å². The number of amides is 1. The summed E-state index contributed by atoms with van der Waals surface area (Å²) in [7, 11) is 0. The lowest BCUT2D eigenvalue weighted by Crippen LogP contribution is -2.36. The molecule has 1 N–H and O–H groups in total. The Kier molecular flexibility index (Phi) is 3.89. The molecule has 1 amide bonds. The number of halogens is 3. The van der Waals surface area contributed by atoms with Crippen molar-refractivity contribution in [1.29, 1.82) is 0 Å². The molecule has 0 aliphatic heterocycles. The summed E-state index contributed by atoms with van der Waals surface area (Å²) in [5.74, 6) is -0.711. The van der Waals surface area contributed by atoms with Gasteiger partial charge in [-0.2, -0.15) is 13.2 Å².